The summed E-state index contributed by atoms with van der Waals surface area (Å²) in [6, 6.07) is 8.84. The zero-order valence-electron chi connectivity index (χ0n) is 16.2. The number of rotatable bonds is 7. The zero-order valence-corrected chi connectivity index (χ0v) is 16.2. The van der Waals surface area contributed by atoms with E-state index in [1.165, 1.54) is 10.9 Å². The molecule has 1 N–H and O–H groups in total. The van der Waals surface area contributed by atoms with Crippen LogP contribution in [0.4, 0.5) is 5.82 Å². The molecule has 0 unspecified atom stereocenters. The van der Waals surface area contributed by atoms with Crippen molar-refractivity contribution < 1.29 is 0 Å². The third kappa shape index (κ3) is 3.17. The van der Waals surface area contributed by atoms with Crippen LogP contribution in [0.3, 0.4) is 0 Å². The van der Waals surface area contributed by atoms with Gasteiger partial charge in [-0.2, -0.15) is 0 Å². The third-order valence-corrected chi connectivity index (χ3v) is 5.28. The van der Waals surface area contributed by atoms with E-state index in [1.807, 2.05) is 19.4 Å². The number of hydrogen-bond donors (Lipinski definition) is 1. The number of nitrogens with one attached hydrogen (secondary N) is 1. The number of fused-ring (bicyclic) bond motifs is 2. The lowest BCUT2D eigenvalue weighted by molar-refractivity contribution is 0.292. The molecule has 140 valence electrons. The number of likely N-dealkylation sites (N-methyl/N-ethyl adjacent to an activating group) is 1. The standard InChI is InChI=1S/C21H26N6/c1-4-25(5-2)12-13-26-10-8-17-14-16(6-7-18(17)26)19-15-24-21-20(22-3)23-9-11-27(19)21/h6-11,14-15H,4-5,12-13H2,1-3H3,(H,22,23). The first-order valence-corrected chi connectivity index (χ1v) is 9.56. The Balaban J connectivity index is 1.67. The topological polar surface area (TPSA) is 50.4 Å². The minimum atomic E-state index is 0.785. The first-order chi connectivity index (χ1) is 13.2. The van der Waals surface area contributed by atoms with Gasteiger partial charge in [0, 0.05) is 55.2 Å². The second kappa shape index (κ2) is 7.40. The summed E-state index contributed by atoms with van der Waals surface area (Å²) in [4.78, 5) is 11.3. The van der Waals surface area contributed by atoms with E-state index in [4.69, 9.17) is 0 Å². The summed E-state index contributed by atoms with van der Waals surface area (Å²) < 4.78 is 4.42. The van der Waals surface area contributed by atoms with Crippen molar-refractivity contribution >= 4 is 22.4 Å². The normalized spacial score (nSPS) is 11.7. The average molecular weight is 362 g/mol. The molecule has 4 rings (SSSR count). The molecular formula is C21H26N6. The largest absolute Gasteiger partial charge is 0.370 e. The van der Waals surface area contributed by atoms with Gasteiger partial charge in [0.15, 0.2) is 11.5 Å². The van der Waals surface area contributed by atoms with Crippen LogP contribution < -0.4 is 5.32 Å². The van der Waals surface area contributed by atoms with Crippen LogP contribution in [0.2, 0.25) is 0 Å². The number of imidazole rings is 1. The Labute approximate surface area is 159 Å². The Morgan fingerprint density at radius 1 is 1.07 bits per heavy atom. The Morgan fingerprint density at radius 2 is 1.93 bits per heavy atom. The number of hydrogen-bond acceptors (Lipinski definition) is 4. The number of nitrogens with zero attached hydrogens (tertiary/aromatic N) is 5. The van der Waals surface area contributed by atoms with Crippen LogP contribution in [0.25, 0.3) is 27.8 Å². The minimum Gasteiger partial charge on any atom is -0.370 e. The highest BCUT2D eigenvalue weighted by atomic mass is 15.1. The molecule has 6 heteroatoms. The van der Waals surface area contributed by atoms with E-state index in [9.17, 15) is 0 Å². The Morgan fingerprint density at radius 3 is 2.70 bits per heavy atom. The Hall–Kier alpha value is -2.86. The molecule has 0 saturated carbocycles. The summed E-state index contributed by atoms with van der Waals surface area (Å²) in [6.07, 6.45) is 7.86. The van der Waals surface area contributed by atoms with Crippen molar-refractivity contribution in [2.24, 2.45) is 0 Å². The zero-order chi connectivity index (χ0) is 18.8. The highest BCUT2D eigenvalue weighted by Crippen LogP contribution is 2.27. The molecule has 6 nitrogen and oxygen atoms in total. The predicted octanol–water partition coefficient (Wildman–Crippen LogP) is 3.73. The second-order valence-corrected chi connectivity index (χ2v) is 6.67. The van der Waals surface area contributed by atoms with Crippen LogP contribution >= 0.6 is 0 Å². The van der Waals surface area contributed by atoms with Crippen molar-refractivity contribution in [2.75, 3.05) is 32.0 Å². The molecule has 3 aromatic heterocycles. The first-order valence-electron chi connectivity index (χ1n) is 9.56. The summed E-state index contributed by atoms with van der Waals surface area (Å²) in [5, 5.41) is 4.35. The van der Waals surface area contributed by atoms with E-state index in [0.29, 0.717) is 0 Å². The van der Waals surface area contributed by atoms with E-state index >= 15 is 0 Å². The van der Waals surface area contributed by atoms with Crippen molar-refractivity contribution in [3.8, 4) is 11.3 Å². The molecule has 0 aliphatic rings. The van der Waals surface area contributed by atoms with Gasteiger partial charge in [0.1, 0.15) is 0 Å². The number of anilines is 1. The van der Waals surface area contributed by atoms with Crippen molar-refractivity contribution in [3.63, 3.8) is 0 Å². The lowest BCUT2D eigenvalue weighted by Gasteiger charge is -2.18. The van der Waals surface area contributed by atoms with Crippen LogP contribution in [0.15, 0.2) is 49.1 Å². The second-order valence-electron chi connectivity index (χ2n) is 6.67. The molecule has 0 aliphatic carbocycles. The summed E-state index contributed by atoms with van der Waals surface area (Å²) >= 11 is 0. The molecule has 0 aliphatic heterocycles. The van der Waals surface area contributed by atoms with Crippen LogP contribution in [-0.4, -0.2) is 50.5 Å². The molecule has 0 fully saturated rings. The molecule has 0 spiro atoms. The van der Waals surface area contributed by atoms with Gasteiger partial charge >= 0.3 is 0 Å². The first kappa shape index (κ1) is 17.5. The smallest absolute Gasteiger partial charge is 0.180 e. The Kier molecular flexibility index (Phi) is 4.81. The van der Waals surface area contributed by atoms with Gasteiger partial charge in [-0.05, 0) is 31.3 Å². The maximum absolute atomic E-state index is 4.55. The summed E-state index contributed by atoms with van der Waals surface area (Å²) in [5.41, 5.74) is 4.34. The summed E-state index contributed by atoms with van der Waals surface area (Å²) in [5.74, 6) is 0.785. The van der Waals surface area contributed by atoms with Gasteiger partial charge in [-0.25, -0.2) is 9.97 Å². The molecule has 3 heterocycles. The number of benzene rings is 1. The van der Waals surface area contributed by atoms with E-state index in [1.54, 1.807) is 6.20 Å². The van der Waals surface area contributed by atoms with Gasteiger partial charge in [-0.1, -0.05) is 19.9 Å². The van der Waals surface area contributed by atoms with Crippen molar-refractivity contribution in [1.82, 2.24) is 23.8 Å². The maximum Gasteiger partial charge on any atom is 0.180 e. The van der Waals surface area contributed by atoms with Gasteiger partial charge in [0.25, 0.3) is 0 Å². The van der Waals surface area contributed by atoms with Crippen LogP contribution in [-0.2, 0) is 6.54 Å². The van der Waals surface area contributed by atoms with Gasteiger partial charge in [0.2, 0.25) is 0 Å². The predicted molar refractivity (Wildman–Crippen MR) is 111 cm³/mol. The molecule has 27 heavy (non-hydrogen) atoms. The van der Waals surface area contributed by atoms with Gasteiger partial charge in [-0.3, -0.25) is 4.40 Å². The van der Waals surface area contributed by atoms with E-state index in [0.717, 1.165) is 48.9 Å². The molecule has 0 atom stereocenters. The summed E-state index contributed by atoms with van der Waals surface area (Å²) in [7, 11) is 1.86. The van der Waals surface area contributed by atoms with Crippen LogP contribution in [0.5, 0.6) is 0 Å². The SMILES string of the molecule is CCN(CC)CCn1ccc2cc(-c3cnc4c(NC)nccn34)ccc21. The molecule has 0 radical (unpaired) electrons. The maximum atomic E-state index is 4.55. The van der Waals surface area contributed by atoms with Crippen LogP contribution in [0.1, 0.15) is 13.8 Å². The molecule has 0 bridgehead atoms. The van der Waals surface area contributed by atoms with E-state index < -0.39 is 0 Å². The minimum absolute atomic E-state index is 0.785. The van der Waals surface area contributed by atoms with Crippen molar-refractivity contribution in [2.45, 2.75) is 20.4 Å². The van der Waals surface area contributed by atoms with Crippen molar-refractivity contribution in [1.29, 1.82) is 0 Å². The van der Waals surface area contributed by atoms with Gasteiger partial charge < -0.3 is 14.8 Å². The quantitative estimate of drug-likeness (QED) is 0.544. The molecule has 0 saturated heterocycles. The molecule has 0 amide bonds. The molecular weight excluding hydrogens is 336 g/mol. The van der Waals surface area contributed by atoms with E-state index in [-0.39, 0.29) is 0 Å². The fourth-order valence-electron chi connectivity index (χ4n) is 3.65. The lowest BCUT2D eigenvalue weighted by Crippen LogP contribution is -2.26. The number of aromatic nitrogens is 4. The third-order valence-electron chi connectivity index (χ3n) is 5.28. The highest BCUT2D eigenvalue weighted by molar-refractivity contribution is 5.85. The molecule has 4 aromatic rings. The van der Waals surface area contributed by atoms with Gasteiger partial charge in [-0.15, -0.1) is 0 Å². The Bertz CT molecular complexity index is 1060. The fraction of sp³-hybridized carbons (Fsp3) is 0.333. The fourth-order valence-corrected chi connectivity index (χ4v) is 3.65. The average Bonchev–Trinajstić information content (AvgIpc) is 3.32. The van der Waals surface area contributed by atoms with Crippen LogP contribution in [0, 0.1) is 0 Å². The highest BCUT2D eigenvalue weighted by Gasteiger charge is 2.11. The van der Waals surface area contributed by atoms with Gasteiger partial charge in [0.05, 0.1) is 11.9 Å². The lowest BCUT2D eigenvalue weighted by atomic mass is 10.1. The molecule has 1 aromatic carbocycles. The van der Waals surface area contributed by atoms with Crippen molar-refractivity contribution in [3.05, 3.63) is 49.1 Å². The summed E-state index contributed by atoms with van der Waals surface area (Å²) in [6.45, 7) is 8.71. The monoisotopic (exact) mass is 362 g/mol. The van der Waals surface area contributed by atoms with E-state index in [2.05, 4.69) is 73.5 Å².